The lowest BCUT2D eigenvalue weighted by Crippen LogP contribution is -2.48. The molecule has 2 aromatic heterocycles. The number of para-hydroxylation sites is 3. The number of fused-ring (bicyclic) bond motifs is 2. The van der Waals surface area contributed by atoms with E-state index in [1.165, 1.54) is 11.3 Å². The number of aromatic nitrogens is 3. The molecule has 0 spiro atoms. The summed E-state index contributed by atoms with van der Waals surface area (Å²) in [5.41, 5.74) is 3.09. The van der Waals surface area contributed by atoms with Crippen molar-refractivity contribution in [3.8, 4) is 0 Å². The summed E-state index contributed by atoms with van der Waals surface area (Å²) >= 11 is 1.48. The van der Waals surface area contributed by atoms with Gasteiger partial charge in [0.05, 0.1) is 27.8 Å². The minimum atomic E-state index is 0.0450. The first-order valence-corrected chi connectivity index (χ1v) is 10.3. The molecule has 6 nitrogen and oxygen atoms in total. The van der Waals surface area contributed by atoms with Crippen LogP contribution in [0.2, 0.25) is 0 Å². The van der Waals surface area contributed by atoms with Gasteiger partial charge in [0, 0.05) is 33.2 Å². The molecule has 0 atom stereocenters. The van der Waals surface area contributed by atoms with Crippen LogP contribution >= 0.6 is 11.3 Å². The van der Waals surface area contributed by atoms with E-state index >= 15 is 0 Å². The third-order valence-electron chi connectivity index (χ3n) is 5.38. The summed E-state index contributed by atoms with van der Waals surface area (Å²) in [6.07, 6.45) is 0. The third kappa shape index (κ3) is 3.06. The predicted molar refractivity (Wildman–Crippen MR) is 112 cm³/mol. The van der Waals surface area contributed by atoms with E-state index in [-0.39, 0.29) is 5.91 Å². The molecule has 0 bridgehead atoms. The lowest BCUT2D eigenvalue weighted by molar-refractivity contribution is 0.0624. The Balaban J connectivity index is 1.25. The maximum atomic E-state index is 12.8. The summed E-state index contributed by atoms with van der Waals surface area (Å²) in [5.74, 6) is 1.11. The lowest BCUT2D eigenvalue weighted by Gasteiger charge is -2.34. The largest absolute Gasteiger partial charge is 0.334 e. The van der Waals surface area contributed by atoms with Crippen molar-refractivity contribution < 1.29 is 4.79 Å². The normalized spacial score (nSPS) is 15.5. The molecule has 1 aliphatic rings. The van der Waals surface area contributed by atoms with Gasteiger partial charge in [0.2, 0.25) is 0 Å². The first-order chi connectivity index (χ1) is 13.7. The van der Waals surface area contributed by atoms with Crippen molar-refractivity contribution in [1.29, 1.82) is 0 Å². The van der Waals surface area contributed by atoms with Gasteiger partial charge in [-0.25, -0.2) is 9.97 Å². The van der Waals surface area contributed by atoms with E-state index in [0.29, 0.717) is 5.01 Å². The van der Waals surface area contributed by atoms with Crippen LogP contribution in [0, 0.1) is 0 Å². The van der Waals surface area contributed by atoms with E-state index < -0.39 is 0 Å². The van der Waals surface area contributed by atoms with Crippen molar-refractivity contribution in [3.63, 3.8) is 0 Å². The molecule has 142 valence electrons. The molecule has 2 aromatic carbocycles. The fourth-order valence-corrected chi connectivity index (χ4v) is 4.68. The lowest BCUT2D eigenvalue weighted by atomic mass is 10.3. The second-order valence-corrected chi connectivity index (χ2v) is 8.16. The monoisotopic (exact) mass is 391 g/mol. The predicted octanol–water partition coefficient (Wildman–Crippen LogP) is 3.14. The van der Waals surface area contributed by atoms with Gasteiger partial charge in [-0.05, 0) is 24.3 Å². The minimum Gasteiger partial charge on any atom is -0.334 e. The molecule has 0 saturated carbocycles. The molecule has 28 heavy (non-hydrogen) atoms. The van der Waals surface area contributed by atoms with Crippen molar-refractivity contribution in [1.82, 2.24) is 24.3 Å². The molecule has 1 aliphatic heterocycles. The molecule has 0 unspecified atom stereocenters. The van der Waals surface area contributed by atoms with Crippen LogP contribution in [0.15, 0.2) is 48.5 Å². The number of amides is 1. The molecule has 4 aromatic rings. The summed E-state index contributed by atoms with van der Waals surface area (Å²) in [5, 5.41) is 0.588. The van der Waals surface area contributed by atoms with Crippen LogP contribution < -0.4 is 0 Å². The molecule has 0 N–H and O–H groups in total. The summed E-state index contributed by atoms with van der Waals surface area (Å²) in [6, 6.07) is 16.1. The highest BCUT2D eigenvalue weighted by atomic mass is 32.1. The first kappa shape index (κ1) is 17.3. The van der Waals surface area contributed by atoms with Crippen molar-refractivity contribution in [2.45, 2.75) is 6.54 Å². The maximum absolute atomic E-state index is 12.8. The van der Waals surface area contributed by atoms with Gasteiger partial charge < -0.3 is 9.47 Å². The van der Waals surface area contributed by atoms with Gasteiger partial charge in [-0.15, -0.1) is 11.3 Å². The van der Waals surface area contributed by atoms with Gasteiger partial charge in [-0.2, -0.15) is 0 Å². The van der Waals surface area contributed by atoms with Crippen molar-refractivity contribution in [3.05, 3.63) is 59.4 Å². The van der Waals surface area contributed by atoms with Gasteiger partial charge in [-0.1, -0.05) is 24.3 Å². The van der Waals surface area contributed by atoms with E-state index in [0.717, 1.165) is 59.8 Å². The zero-order valence-electron chi connectivity index (χ0n) is 15.7. The summed E-state index contributed by atoms with van der Waals surface area (Å²) in [6.45, 7) is 3.94. The number of imidazole rings is 1. The van der Waals surface area contributed by atoms with Gasteiger partial charge in [0.25, 0.3) is 5.91 Å². The zero-order chi connectivity index (χ0) is 19.1. The molecular formula is C21H21N5OS. The van der Waals surface area contributed by atoms with Crippen LogP contribution in [-0.4, -0.2) is 56.4 Å². The molecule has 7 heteroatoms. The average molecular weight is 392 g/mol. The maximum Gasteiger partial charge on any atom is 0.282 e. The van der Waals surface area contributed by atoms with Crippen LogP contribution in [0.25, 0.3) is 21.3 Å². The topological polar surface area (TPSA) is 54.3 Å². The summed E-state index contributed by atoms with van der Waals surface area (Å²) in [7, 11) is 2.07. The van der Waals surface area contributed by atoms with E-state index in [9.17, 15) is 4.79 Å². The van der Waals surface area contributed by atoms with E-state index in [1.807, 2.05) is 47.4 Å². The number of rotatable bonds is 3. The van der Waals surface area contributed by atoms with Gasteiger partial charge in [0.15, 0.2) is 5.01 Å². The molecule has 0 aliphatic carbocycles. The second-order valence-electron chi connectivity index (χ2n) is 7.13. The van der Waals surface area contributed by atoms with E-state index in [4.69, 9.17) is 4.98 Å². The van der Waals surface area contributed by atoms with Crippen LogP contribution in [-0.2, 0) is 13.6 Å². The van der Waals surface area contributed by atoms with Gasteiger partial charge >= 0.3 is 0 Å². The Labute approximate surface area is 167 Å². The van der Waals surface area contributed by atoms with Crippen LogP contribution in [0.5, 0.6) is 0 Å². The smallest absolute Gasteiger partial charge is 0.282 e. The Bertz CT molecular complexity index is 1120. The number of hydrogen-bond donors (Lipinski definition) is 0. The number of carbonyl (C=O) groups is 1. The Morgan fingerprint density at radius 2 is 1.68 bits per heavy atom. The zero-order valence-corrected chi connectivity index (χ0v) is 16.5. The second kappa shape index (κ2) is 7.00. The van der Waals surface area contributed by atoms with E-state index in [1.54, 1.807) is 0 Å². The Hall–Kier alpha value is -2.77. The van der Waals surface area contributed by atoms with Crippen LogP contribution in [0.4, 0.5) is 0 Å². The molecule has 1 fully saturated rings. The fourth-order valence-electron chi connectivity index (χ4n) is 3.74. The van der Waals surface area contributed by atoms with Gasteiger partial charge in [0.1, 0.15) is 5.82 Å². The number of thiazole rings is 1. The van der Waals surface area contributed by atoms with Crippen molar-refractivity contribution in [2.24, 2.45) is 7.05 Å². The van der Waals surface area contributed by atoms with Crippen LogP contribution in [0.1, 0.15) is 15.6 Å². The molecule has 1 saturated heterocycles. The Morgan fingerprint density at radius 1 is 0.964 bits per heavy atom. The fraction of sp³-hybridized carbons (Fsp3) is 0.286. The molecule has 3 heterocycles. The number of hydrogen-bond acceptors (Lipinski definition) is 5. The van der Waals surface area contributed by atoms with Crippen LogP contribution in [0.3, 0.4) is 0 Å². The summed E-state index contributed by atoms with van der Waals surface area (Å²) in [4.78, 5) is 26.4. The number of piperazine rings is 1. The first-order valence-electron chi connectivity index (χ1n) is 9.46. The molecule has 1 amide bonds. The molecule has 0 radical (unpaired) electrons. The Kier molecular flexibility index (Phi) is 4.33. The number of carbonyl (C=O) groups excluding carboxylic acids is 1. The number of benzene rings is 2. The average Bonchev–Trinajstić information content (AvgIpc) is 3.30. The SMILES string of the molecule is Cn1c(CN2CCN(C(=O)c3nc4ccccc4s3)CC2)nc2ccccc21. The van der Waals surface area contributed by atoms with Gasteiger partial charge in [-0.3, -0.25) is 9.69 Å². The van der Waals surface area contributed by atoms with E-state index in [2.05, 4.69) is 27.6 Å². The molecule has 5 rings (SSSR count). The minimum absolute atomic E-state index is 0.0450. The highest BCUT2D eigenvalue weighted by molar-refractivity contribution is 7.20. The molecular weight excluding hydrogens is 370 g/mol. The van der Waals surface area contributed by atoms with Crippen molar-refractivity contribution >= 4 is 38.5 Å². The summed E-state index contributed by atoms with van der Waals surface area (Å²) < 4.78 is 3.22. The third-order valence-corrected chi connectivity index (χ3v) is 6.41. The number of nitrogens with zero attached hydrogens (tertiary/aromatic N) is 5. The van der Waals surface area contributed by atoms with Crippen molar-refractivity contribution in [2.75, 3.05) is 26.2 Å². The standard InChI is InChI=1S/C21H21N5OS/c1-24-17-8-4-2-6-15(17)22-19(24)14-25-10-12-26(13-11-25)21(27)20-23-16-7-3-5-9-18(16)28-20/h2-9H,10-14H2,1H3. The number of aryl methyl sites for hydroxylation is 1. The highest BCUT2D eigenvalue weighted by Gasteiger charge is 2.25. The highest BCUT2D eigenvalue weighted by Crippen LogP contribution is 2.23. The quantitative estimate of drug-likeness (QED) is 0.538. The Morgan fingerprint density at radius 3 is 2.43 bits per heavy atom.